The average Bonchev–Trinajstić information content (AvgIpc) is 2.70. The van der Waals surface area contributed by atoms with Gasteiger partial charge in [0.2, 0.25) is 0 Å². The average molecular weight is 375 g/mol. The Labute approximate surface area is 163 Å². The third-order valence-corrected chi connectivity index (χ3v) is 4.25. The number of aromatic nitrogens is 1. The van der Waals surface area contributed by atoms with Crippen LogP contribution in [0.15, 0.2) is 60.8 Å². The molecular formula is C22H21N3O3. The molecule has 2 N–H and O–H groups in total. The van der Waals surface area contributed by atoms with Crippen LogP contribution in [-0.4, -0.2) is 23.9 Å². The number of nitrogens with one attached hydrogen (secondary N) is 2. The fraction of sp³-hybridized carbons (Fsp3) is 0.136. The molecule has 1 heterocycles. The van der Waals surface area contributed by atoms with Gasteiger partial charge in [0.05, 0.1) is 12.8 Å². The van der Waals surface area contributed by atoms with Crippen molar-refractivity contribution >= 4 is 23.2 Å². The van der Waals surface area contributed by atoms with E-state index in [9.17, 15) is 9.59 Å². The number of rotatable bonds is 5. The number of pyridine rings is 1. The molecule has 0 unspecified atom stereocenters. The van der Waals surface area contributed by atoms with Crippen LogP contribution in [-0.2, 0) is 0 Å². The fourth-order valence-electron chi connectivity index (χ4n) is 2.71. The molecule has 1 aromatic heterocycles. The van der Waals surface area contributed by atoms with E-state index in [0.29, 0.717) is 22.7 Å². The van der Waals surface area contributed by atoms with Gasteiger partial charge in [-0.15, -0.1) is 0 Å². The van der Waals surface area contributed by atoms with Crippen molar-refractivity contribution in [1.29, 1.82) is 0 Å². The van der Waals surface area contributed by atoms with Crippen molar-refractivity contribution in [3.63, 3.8) is 0 Å². The van der Waals surface area contributed by atoms with Gasteiger partial charge in [0.25, 0.3) is 11.8 Å². The van der Waals surface area contributed by atoms with Crippen molar-refractivity contribution in [2.24, 2.45) is 0 Å². The molecular weight excluding hydrogens is 354 g/mol. The number of carbonyl (C=O) groups excluding carboxylic acids is 2. The number of carbonyl (C=O) groups is 2. The zero-order valence-corrected chi connectivity index (χ0v) is 15.9. The third kappa shape index (κ3) is 4.35. The Hall–Kier alpha value is -3.67. The van der Waals surface area contributed by atoms with Crippen molar-refractivity contribution < 1.29 is 14.3 Å². The predicted octanol–water partition coefficient (Wildman–Crippen LogP) is 4.21. The number of hydrogen-bond donors (Lipinski definition) is 2. The van der Waals surface area contributed by atoms with E-state index >= 15 is 0 Å². The second-order valence-corrected chi connectivity index (χ2v) is 6.36. The topological polar surface area (TPSA) is 80.3 Å². The number of methoxy groups -OCH3 is 1. The Morgan fingerprint density at radius 2 is 1.64 bits per heavy atom. The summed E-state index contributed by atoms with van der Waals surface area (Å²) >= 11 is 0. The maximum Gasteiger partial charge on any atom is 0.274 e. The lowest BCUT2D eigenvalue weighted by Crippen LogP contribution is -2.17. The highest BCUT2D eigenvalue weighted by Gasteiger charge is 2.14. The van der Waals surface area contributed by atoms with Crippen LogP contribution in [0.25, 0.3) is 0 Å². The summed E-state index contributed by atoms with van der Waals surface area (Å²) in [7, 11) is 1.54. The monoisotopic (exact) mass is 375 g/mol. The second kappa shape index (κ2) is 8.35. The van der Waals surface area contributed by atoms with E-state index in [1.807, 2.05) is 50.2 Å². The van der Waals surface area contributed by atoms with Crippen LogP contribution in [0.2, 0.25) is 0 Å². The lowest BCUT2D eigenvalue weighted by molar-refractivity contribution is 0.102. The molecule has 0 atom stereocenters. The molecule has 0 radical (unpaired) electrons. The summed E-state index contributed by atoms with van der Waals surface area (Å²) in [4.78, 5) is 29.3. The first-order chi connectivity index (χ1) is 13.5. The highest BCUT2D eigenvalue weighted by molar-refractivity contribution is 6.08. The molecule has 142 valence electrons. The first kappa shape index (κ1) is 19.1. The predicted molar refractivity (Wildman–Crippen MR) is 109 cm³/mol. The first-order valence-corrected chi connectivity index (χ1v) is 8.77. The van der Waals surface area contributed by atoms with Crippen LogP contribution in [0.3, 0.4) is 0 Å². The zero-order valence-electron chi connectivity index (χ0n) is 15.9. The van der Waals surface area contributed by atoms with E-state index in [0.717, 1.165) is 11.1 Å². The first-order valence-electron chi connectivity index (χ1n) is 8.77. The van der Waals surface area contributed by atoms with Crippen molar-refractivity contribution in [3.05, 3.63) is 83.2 Å². The fourth-order valence-corrected chi connectivity index (χ4v) is 2.71. The molecule has 0 aliphatic heterocycles. The van der Waals surface area contributed by atoms with Crippen LogP contribution in [0.5, 0.6) is 5.75 Å². The molecule has 0 saturated heterocycles. The molecule has 3 rings (SSSR count). The molecule has 3 aromatic rings. The normalized spacial score (nSPS) is 10.2. The van der Waals surface area contributed by atoms with Crippen LogP contribution in [0, 0.1) is 13.8 Å². The number of anilines is 2. The van der Waals surface area contributed by atoms with Crippen LogP contribution in [0.1, 0.15) is 32.0 Å². The van der Waals surface area contributed by atoms with Gasteiger partial charge in [0, 0.05) is 17.4 Å². The molecule has 28 heavy (non-hydrogen) atoms. The van der Waals surface area contributed by atoms with E-state index in [2.05, 4.69) is 15.6 Å². The Morgan fingerprint density at radius 3 is 2.39 bits per heavy atom. The van der Waals surface area contributed by atoms with Crippen molar-refractivity contribution in [2.75, 3.05) is 17.7 Å². The summed E-state index contributed by atoms with van der Waals surface area (Å²) in [6, 6.07) is 16.0. The molecule has 0 aliphatic carbocycles. The minimum absolute atomic E-state index is 0.159. The van der Waals surface area contributed by atoms with Gasteiger partial charge in [-0.1, -0.05) is 24.3 Å². The van der Waals surface area contributed by atoms with Gasteiger partial charge in [0.1, 0.15) is 11.4 Å². The highest BCUT2D eigenvalue weighted by Crippen LogP contribution is 2.25. The number of benzene rings is 2. The third-order valence-electron chi connectivity index (χ3n) is 4.25. The quantitative estimate of drug-likeness (QED) is 0.700. The summed E-state index contributed by atoms with van der Waals surface area (Å²) in [6.45, 7) is 3.83. The zero-order chi connectivity index (χ0) is 20.1. The minimum Gasteiger partial charge on any atom is -0.495 e. The molecule has 2 aromatic carbocycles. The molecule has 0 bridgehead atoms. The van der Waals surface area contributed by atoms with Crippen LogP contribution in [0.4, 0.5) is 11.4 Å². The molecule has 0 aliphatic rings. The molecule has 6 heteroatoms. The maximum absolute atomic E-state index is 12.7. The number of hydrogen-bond acceptors (Lipinski definition) is 4. The molecule has 0 saturated carbocycles. The molecule has 6 nitrogen and oxygen atoms in total. The summed E-state index contributed by atoms with van der Waals surface area (Å²) in [5.41, 5.74) is 3.69. The van der Waals surface area contributed by atoms with E-state index < -0.39 is 0 Å². The van der Waals surface area contributed by atoms with Gasteiger partial charge in [-0.3, -0.25) is 14.6 Å². The number of aryl methyl sites for hydroxylation is 2. The van der Waals surface area contributed by atoms with E-state index in [1.54, 1.807) is 19.2 Å². The van der Waals surface area contributed by atoms with Crippen molar-refractivity contribution in [3.8, 4) is 5.75 Å². The van der Waals surface area contributed by atoms with Gasteiger partial charge in [0.15, 0.2) is 0 Å². The number of ether oxygens (including phenoxy) is 1. The van der Waals surface area contributed by atoms with Gasteiger partial charge in [-0.2, -0.15) is 0 Å². The summed E-state index contributed by atoms with van der Waals surface area (Å²) in [6.07, 6.45) is 1.44. The molecule has 0 fully saturated rings. The van der Waals surface area contributed by atoms with Gasteiger partial charge in [-0.05, 0) is 55.3 Å². The van der Waals surface area contributed by atoms with Gasteiger partial charge < -0.3 is 15.4 Å². The molecule has 2 amide bonds. The largest absolute Gasteiger partial charge is 0.495 e. The Balaban J connectivity index is 1.79. The van der Waals surface area contributed by atoms with Gasteiger partial charge >= 0.3 is 0 Å². The maximum atomic E-state index is 12.7. The Kier molecular flexibility index (Phi) is 5.69. The SMILES string of the molecule is COc1ccc(C)cc1NC(=O)c1ccnc(C(=O)Nc2ccccc2C)c1. The smallest absolute Gasteiger partial charge is 0.274 e. The summed E-state index contributed by atoms with van der Waals surface area (Å²) < 4.78 is 5.29. The lowest BCUT2D eigenvalue weighted by Gasteiger charge is -2.12. The lowest BCUT2D eigenvalue weighted by atomic mass is 10.1. The Bertz CT molecular complexity index is 1030. The number of amides is 2. The molecule has 0 spiro atoms. The van der Waals surface area contributed by atoms with E-state index in [1.165, 1.54) is 12.3 Å². The summed E-state index contributed by atoms with van der Waals surface area (Å²) in [5.74, 6) is -0.168. The minimum atomic E-state index is -0.378. The van der Waals surface area contributed by atoms with E-state index in [-0.39, 0.29) is 17.5 Å². The second-order valence-electron chi connectivity index (χ2n) is 6.36. The van der Waals surface area contributed by atoms with Crippen LogP contribution >= 0.6 is 0 Å². The Morgan fingerprint density at radius 1 is 0.893 bits per heavy atom. The van der Waals surface area contributed by atoms with Crippen molar-refractivity contribution in [2.45, 2.75) is 13.8 Å². The summed E-state index contributed by atoms with van der Waals surface area (Å²) in [5, 5.41) is 5.64. The number of para-hydroxylation sites is 1. The van der Waals surface area contributed by atoms with Gasteiger partial charge in [-0.25, -0.2) is 0 Å². The van der Waals surface area contributed by atoms with E-state index in [4.69, 9.17) is 4.74 Å². The van der Waals surface area contributed by atoms with Crippen molar-refractivity contribution in [1.82, 2.24) is 4.98 Å². The standard InChI is InChI=1S/C22H21N3O3/c1-14-8-9-20(28-3)18(12-14)25-21(26)16-10-11-23-19(13-16)22(27)24-17-7-5-4-6-15(17)2/h4-13H,1-3H3,(H,24,27)(H,25,26). The number of nitrogens with zero attached hydrogens (tertiary/aromatic N) is 1. The highest BCUT2D eigenvalue weighted by atomic mass is 16.5. The van der Waals surface area contributed by atoms with Crippen LogP contribution < -0.4 is 15.4 Å².